The number of carbonyl (C=O) groups is 1. The van der Waals surface area contributed by atoms with E-state index in [0.717, 1.165) is 43.6 Å². The number of fused-ring (bicyclic) bond motifs is 2. The van der Waals surface area contributed by atoms with E-state index in [1.165, 1.54) is 0 Å². The van der Waals surface area contributed by atoms with Gasteiger partial charge in [-0.05, 0) is 59.2 Å². The number of nitrogens with zero attached hydrogens (tertiary/aromatic N) is 2. The van der Waals surface area contributed by atoms with Gasteiger partial charge < -0.3 is 9.88 Å². The molecule has 1 aromatic carbocycles. The average molecular weight is 410 g/mol. The number of rotatable bonds is 4. The minimum atomic E-state index is -0.163. The van der Waals surface area contributed by atoms with E-state index < -0.39 is 0 Å². The lowest BCUT2D eigenvalue weighted by atomic mass is 9.92. The Balaban J connectivity index is 1.59. The second-order valence-electron chi connectivity index (χ2n) is 8.71. The molecule has 0 fully saturated rings. The van der Waals surface area contributed by atoms with Crippen molar-refractivity contribution < 1.29 is 9.18 Å². The van der Waals surface area contributed by atoms with E-state index in [-0.39, 0.29) is 16.5 Å². The van der Waals surface area contributed by atoms with E-state index in [0.29, 0.717) is 18.8 Å². The number of aryl methyl sites for hydroxylation is 1. The van der Waals surface area contributed by atoms with E-state index >= 15 is 0 Å². The van der Waals surface area contributed by atoms with Crippen LogP contribution in [0.1, 0.15) is 38.3 Å². The molecule has 4 nitrogen and oxygen atoms in total. The highest BCUT2D eigenvalue weighted by atomic mass is 32.1. The van der Waals surface area contributed by atoms with Crippen LogP contribution in [0.5, 0.6) is 0 Å². The molecule has 6 heteroatoms. The molecule has 150 valence electrons. The topological polar surface area (TPSA) is 46.9 Å². The van der Waals surface area contributed by atoms with Gasteiger partial charge in [0.25, 0.3) is 0 Å². The van der Waals surface area contributed by atoms with Gasteiger partial charge in [0.15, 0.2) is 5.13 Å². The summed E-state index contributed by atoms with van der Waals surface area (Å²) in [7, 11) is 0. The molecule has 1 amide bonds. The first kappa shape index (κ1) is 19.6. The van der Waals surface area contributed by atoms with Gasteiger partial charge in [-0.15, -0.1) is 11.3 Å². The summed E-state index contributed by atoms with van der Waals surface area (Å²) in [6, 6.07) is 11.6. The maximum Gasteiger partial charge on any atom is 0.226 e. The lowest BCUT2D eigenvalue weighted by Crippen LogP contribution is -2.20. The van der Waals surface area contributed by atoms with Gasteiger partial charge in [-0.25, -0.2) is 4.98 Å². The first-order chi connectivity index (χ1) is 13.7. The maximum atomic E-state index is 13.5. The molecule has 0 atom stereocenters. The predicted octanol–water partition coefficient (Wildman–Crippen LogP) is 6.12. The zero-order chi connectivity index (χ0) is 20.8. The van der Waals surface area contributed by atoms with Gasteiger partial charge in [-0.1, -0.05) is 26.8 Å². The number of nitrogens with one attached hydrogen (secondary N) is 1. The number of aromatic nitrogens is 2. The van der Waals surface area contributed by atoms with E-state index in [4.69, 9.17) is 0 Å². The molecule has 4 rings (SSSR count). The zero-order valence-corrected chi connectivity index (χ0v) is 17.9. The highest BCUT2D eigenvalue weighted by molar-refractivity contribution is 7.17. The molecule has 0 saturated carbocycles. The molecule has 3 heterocycles. The van der Waals surface area contributed by atoms with Crippen molar-refractivity contribution in [2.75, 3.05) is 5.32 Å². The van der Waals surface area contributed by atoms with Crippen LogP contribution in [0.15, 0.2) is 42.6 Å². The van der Waals surface area contributed by atoms with E-state index in [1.807, 2.05) is 58.2 Å². The van der Waals surface area contributed by atoms with Crippen LogP contribution in [0, 0.1) is 17.5 Å². The van der Waals surface area contributed by atoms with Crippen LogP contribution >= 0.6 is 11.3 Å². The minimum absolute atomic E-state index is 0.0248. The number of hydrogen-bond donors (Lipinski definition) is 1. The van der Waals surface area contributed by atoms with Crippen molar-refractivity contribution >= 4 is 44.2 Å². The molecule has 0 bridgehead atoms. The molecule has 3 aromatic heterocycles. The summed E-state index contributed by atoms with van der Waals surface area (Å²) < 4.78 is 16.6. The Hall–Kier alpha value is -2.73. The number of hydrogen-bond acceptors (Lipinski definition) is 3. The molecule has 0 spiro atoms. The van der Waals surface area contributed by atoms with Crippen molar-refractivity contribution in [1.29, 1.82) is 0 Å². The Morgan fingerprint density at radius 1 is 1.21 bits per heavy atom. The molecule has 29 heavy (non-hydrogen) atoms. The molecule has 0 aliphatic heterocycles. The standard InChI is InChI=1S/C23H24FN3OS/c1-14-9-18-17(25-22(14)26-21(28)12-23(2,3)4)7-8-27(18)13-15-5-6-19-16(10-15)11-20(24)29-19/h5-11H,12-13H2,1-4H3,(H,25,26,28). The third-order valence-corrected chi connectivity index (χ3v) is 5.70. The Morgan fingerprint density at radius 3 is 2.76 bits per heavy atom. The Bertz CT molecular complexity index is 1220. The molecular weight excluding hydrogens is 385 g/mol. The van der Waals surface area contributed by atoms with Crippen LogP contribution in [0.2, 0.25) is 0 Å². The molecule has 0 unspecified atom stereocenters. The van der Waals surface area contributed by atoms with Crippen molar-refractivity contribution in [3.63, 3.8) is 0 Å². The molecule has 1 N–H and O–H groups in total. The van der Waals surface area contributed by atoms with E-state index in [1.54, 1.807) is 6.07 Å². The van der Waals surface area contributed by atoms with Crippen LogP contribution < -0.4 is 5.32 Å². The van der Waals surface area contributed by atoms with Gasteiger partial charge in [0.1, 0.15) is 5.82 Å². The fourth-order valence-corrected chi connectivity index (χ4v) is 4.25. The summed E-state index contributed by atoms with van der Waals surface area (Å²) in [5, 5.41) is 3.71. The van der Waals surface area contributed by atoms with Gasteiger partial charge in [0.05, 0.1) is 11.0 Å². The summed E-state index contributed by atoms with van der Waals surface area (Å²) in [5.41, 5.74) is 3.80. The molecule has 0 radical (unpaired) electrons. The third-order valence-electron chi connectivity index (χ3n) is 4.80. The molecule has 0 saturated heterocycles. The van der Waals surface area contributed by atoms with Crippen LogP contribution in [0.4, 0.5) is 10.2 Å². The number of benzene rings is 1. The number of amides is 1. The number of thiophene rings is 1. The monoisotopic (exact) mass is 409 g/mol. The fraction of sp³-hybridized carbons (Fsp3) is 0.304. The van der Waals surface area contributed by atoms with Crippen molar-refractivity contribution in [3.8, 4) is 0 Å². The second kappa shape index (κ2) is 7.26. The van der Waals surface area contributed by atoms with Crippen molar-refractivity contribution in [2.24, 2.45) is 5.41 Å². The highest BCUT2D eigenvalue weighted by Crippen LogP contribution is 2.27. The minimum Gasteiger partial charge on any atom is -0.342 e. The number of pyridine rings is 1. The second-order valence-corrected chi connectivity index (χ2v) is 9.74. The summed E-state index contributed by atoms with van der Waals surface area (Å²) in [4.78, 5) is 16.9. The summed E-state index contributed by atoms with van der Waals surface area (Å²) in [5.74, 6) is 0.586. The first-order valence-corrected chi connectivity index (χ1v) is 10.4. The number of carbonyl (C=O) groups excluding carboxylic acids is 1. The quantitative estimate of drug-likeness (QED) is 0.441. The zero-order valence-electron chi connectivity index (χ0n) is 17.0. The van der Waals surface area contributed by atoms with E-state index in [2.05, 4.69) is 20.9 Å². The summed E-state index contributed by atoms with van der Waals surface area (Å²) in [6.45, 7) is 8.75. The van der Waals surface area contributed by atoms with Crippen LogP contribution in [0.25, 0.3) is 21.1 Å². The van der Waals surface area contributed by atoms with Gasteiger partial charge in [-0.2, -0.15) is 4.39 Å². The largest absolute Gasteiger partial charge is 0.342 e. The predicted molar refractivity (Wildman–Crippen MR) is 118 cm³/mol. The highest BCUT2D eigenvalue weighted by Gasteiger charge is 2.17. The van der Waals surface area contributed by atoms with Gasteiger partial charge >= 0.3 is 0 Å². The Morgan fingerprint density at radius 2 is 2.00 bits per heavy atom. The normalized spacial score (nSPS) is 12.0. The first-order valence-electron chi connectivity index (χ1n) is 9.62. The Kier molecular flexibility index (Phi) is 4.90. The van der Waals surface area contributed by atoms with Gasteiger partial charge in [0, 0.05) is 23.9 Å². The maximum absolute atomic E-state index is 13.5. The molecule has 0 aliphatic carbocycles. The van der Waals surface area contributed by atoms with Crippen LogP contribution in [-0.2, 0) is 11.3 Å². The third kappa shape index (κ3) is 4.32. The van der Waals surface area contributed by atoms with Gasteiger partial charge in [-0.3, -0.25) is 4.79 Å². The van der Waals surface area contributed by atoms with Crippen molar-refractivity contribution in [1.82, 2.24) is 9.55 Å². The SMILES string of the molecule is Cc1cc2c(ccn2Cc2ccc3sc(F)cc3c2)nc1NC(=O)CC(C)(C)C. The van der Waals surface area contributed by atoms with Crippen molar-refractivity contribution in [3.05, 3.63) is 58.9 Å². The Labute approximate surface area is 173 Å². The summed E-state index contributed by atoms with van der Waals surface area (Å²) >= 11 is 1.16. The molecule has 0 aliphatic rings. The van der Waals surface area contributed by atoms with Crippen LogP contribution in [-0.4, -0.2) is 15.5 Å². The van der Waals surface area contributed by atoms with E-state index in [9.17, 15) is 9.18 Å². The fourth-order valence-electron chi connectivity index (χ4n) is 3.48. The van der Waals surface area contributed by atoms with Crippen LogP contribution in [0.3, 0.4) is 0 Å². The average Bonchev–Trinajstić information content (AvgIpc) is 3.16. The molecule has 4 aromatic rings. The smallest absolute Gasteiger partial charge is 0.226 e. The lowest BCUT2D eigenvalue weighted by molar-refractivity contribution is -0.117. The lowest BCUT2D eigenvalue weighted by Gasteiger charge is -2.17. The van der Waals surface area contributed by atoms with Gasteiger partial charge in [0.2, 0.25) is 5.91 Å². The van der Waals surface area contributed by atoms with Crippen molar-refractivity contribution in [2.45, 2.75) is 40.7 Å². The number of halogens is 1. The molecular formula is C23H24FN3OS. The summed E-state index contributed by atoms with van der Waals surface area (Å²) in [6.07, 6.45) is 2.44. The number of anilines is 1.